The highest BCUT2D eigenvalue weighted by molar-refractivity contribution is 7.13. The van der Waals surface area contributed by atoms with Gasteiger partial charge in [0.25, 0.3) is 0 Å². The summed E-state index contributed by atoms with van der Waals surface area (Å²) >= 11 is 1.74. The van der Waals surface area contributed by atoms with Gasteiger partial charge in [0.2, 0.25) is 5.91 Å². The van der Waals surface area contributed by atoms with Crippen LogP contribution >= 0.6 is 11.3 Å². The second kappa shape index (κ2) is 9.15. The lowest BCUT2D eigenvalue weighted by atomic mass is 9.69. The molecule has 156 valence electrons. The van der Waals surface area contributed by atoms with Crippen molar-refractivity contribution >= 4 is 17.2 Å². The number of carbonyl (C=O) groups excluding carboxylic acids is 1. The first kappa shape index (κ1) is 20.8. The topological polar surface area (TPSA) is 40.5 Å². The zero-order valence-electron chi connectivity index (χ0n) is 17.5. The average Bonchev–Trinajstić information content (AvgIpc) is 3.33. The maximum absolute atomic E-state index is 13.3. The van der Waals surface area contributed by atoms with Crippen LogP contribution in [0.4, 0.5) is 0 Å². The Balaban J connectivity index is 1.51. The van der Waals surface area contributed by atoms with Gasteiger partial charge >= 0.3 is 0 Å². The Morgan fingerprint density at radius 3 is 2.47 bits per heavy atom. The molecule has 1 saturated heterocycles. The van der Waals surface area contributed by atoms with Gasteiger partial charge < -0.3 is 10.0 Å². The number of thiophene rings is 1. The van der Waals surface area contributed by atoms with Crippen molar-refractivity contribution in [2.75, 3.05) is 13.2 Å². The highest BCUT2D eigenvalue weighted by Gasteiger charge is 2.41. The molecule has 3 nitrogen and oxygen atoms in total. The van der Waals surface area contributed by atoms with Gasteiger partial charge in [0.15, 0.2) is 0 Å². The number of aliphatic hydroxyl groups is 1. The van der Waals surface area contributed by atoms with Crippen molar-refractivity contribution in [3.63, 3.8) is 0 Å². The molecule has 0 unspecified atom stereocenters. The minimum Gasteiger partial charge on any atom is -0.396 e. The molecule has 3 aromatic rings. The van der Waals surface area contributed by atoms with Crippen LogP contribution in [0, 0.1) is 0 Å². The minimum absolute atomic E-state index is 0.0569. The SMILES string of the molecule is C[C@@H](c1ccc(-c2cccs2)cc1)N1CC[C@](CCCO)(c2ccccc2)CC1=O. The van der Waals surface area contributed by atoms with Gasteiger partial charge in [-0.05, 0) is 54.3 Å². The molecule has 1 fully saturated rings. The highest BCUT2D eigenvalue weighted by atomic mass is 32.1. The lowest BCUT2D eigenvalue weighted by molar-refractivity contribution is -0.138. The second-order valence-electron chi connectivity index (χ2n) is 8.26. The monoisotopic (exact) mass is 419 g/mol. The summed E-state index contributed by atoms with van der Waals surface area (Å²) in [5.41, 5.74) is 3.45. The molecular formula is C26H29NO2S. The normalized spacial score (nSPS) is 20.3. The highest BCUT2D eigenvalue weighted by Crippen LogP contribution is 2.42. The summed E-state index contributed by atoms with van der Waals surface area (Å²) < 4.78 is 0. The molecule has 30 heavy (non-hydrogen) atoms. The molecule has 0 radical (unpaired) electrons. The Kier molecular flexibility index (Phi) is 6.35. The van der Waals surface area contributed by atoms with Crippen LogP contribution < -0.4 is 0 Å². The van der Waals surface area contributed by atoms with Crippen molar-refractivity contribution in [3.8, 4) is 10.4 Å². The smallest absolute Gasteiger partial charge is 0.223 e. The zero-order chi connectivity index (χ0) is 21.0. The lowest BCUT2D eigenvalue weighted by Gasteiger charge is -2.44. The molecule has 1 aliphatic rings. The molecule has 2 heterocycles. The van der Waals surface area contributed by atoms with Crippen LogP contribution in [-0.2, 0) is 10.2 Å². The largest absolute Gasteiger partial charge is 0.396 e. The fourth-order valence-electron chi connectivity index (χ4n) is 4.71. The number of aliphatic hydroxyl groups excluding tert-OH is 1. The Bertz CT molecular complexity index is 952. The third-order valence-electron chi connectivity index (χ3n) is 6.51. The molecule has 0 saturated carbocycles. The quantitative estimate of drug-likeness (QED) is 0.525. The number of amides is 1. The molecule has 2 aromatic carbocycles. The molecule has 1 aromatic heterocycles. The van der Waals surface area contributed by atoms with Crippen molar-refractivity contribution in [1.29, 1.82) is 0 Å². The summed E-state index contributed by atoms with van der Waals surface area (Å²) in [6.45, 7) is 3.04. The number of hydrogen-bond donors (Lipinski definition) is 1. The Hall–Kier alpha value is -2.43. The summed E-state index contributed by atoms with van der Waals surface area (Å²) in [5, 5.41) is 11.5. The molecule has 0 bridgehead atoms. The van der Waals surface area contributed by atoms with E-state index in [2.05, 4.69) is 60.8 Å². The van der Waals surface area contributed by atoms with E-state index in [-0.39, 0.29) is 24.0 Å². The van der Waals surface area contributed by atoms with Gasteiger partial charge in [-0.25, -0.2) is 0 Å². The summed E-state index contributed by atoms with van der Waals surface area (Å²) in [5.74, 6) is 0.206. The van der Waals surface area contributed by atoms with Crippen molar-refractivity contribution in [3.05, 3.63) is 83.2 Å². The standard InChI is InChI=1S/C26H29NO2S/c1-20(21-10-12-22(13-11-21)24-9-5-18-30-24)27-16-15-26(14-6-17-28,19-25(27)29)23-7-3-2-4-8-23/h2-5,7-13,18,20,28H,6,14-17,19H2,1H3/t20-,26-/m0/s1. The number of benzene rings is 2. The Morgan fingerprint density at radius 2 is 1.83 bits per heavy atom. The van der Waals surface area contributed by atoms with Crippen LogP contribution in [0.3, 0.4) is 0 Å². The number of piperidine rings is 1. The number of likely N-dealkylation sites (tertiary alicyclic amines) is 1. The van der Waals surface area contributed by atoms with Crippen LogP contribution in [0.25, 0.3) is 10.4 Å². The van der Waals surface area contributed by atoms with Gasteiger partial charge in [0, 0.05) is 29.9 Å². The minimum atomic E-state index is -0.166. The van der Waals surface area contributed by atoms with E-state index < -0.39 is 0 Å². The van der Waals surface area contributed by atoms with Crippen LogP contribution in [0.15, 0.2) is 72.1 Å². The maximum Gasteiger partial charge on any atom is 0.223 e. The summed E-state index contributed by atoms with van der Waals surface area (Å²) in [6, 6.07) is 23.2. The maximum atomic E-state index is 13.3. The zero-order valence-corrected chi connectivity index (χ0v) is 18.3. The van der Waals surface area contributed by atoms with E-state index in [0.717, 1.165) is 25.8 Å². The third-order valence-corrected chi connectivity index (χ3v) is 7.43. The van der Waals surface area contributed by atoms with E-state index >= 15 is 0 Å². The first-order valence-electron chi connectivity index (χ1n) is 10.7. The molecular weight excluding hydrogens is 390 g/mol. The molecule has 0 spiro atoms. The van der Waals surface area contributed by atoms with E-state index in [0.29, 0.717) is 6.42 Å². The number of rotatable bonds is 7. The van der Waals surface area contributed by atoms with Gasteiger partial charge in [0.05, 0.1) is 6.04 Å². The second-order valence-corrected chi connectivity index (χ2v) is 9.21. The first-order chi connectivity index (χ1) is 14.6. The first-order valence-corrected chi connectivity index (χ1v) is 11.6. The number of hydrogen-bond acceptors (Lipinski definition) is 3. The fraction of sp³-hybridized carbons (Fsp3) is 0.346. The molecule has 2 atom stereocenters. The molecule has 1 amide bonds. The van der Waals surface area contributed by atoms with E-state index in [1.807, 2.05) is 23.1 Å². The molecule has 4 heteroatoms. The van der Waals surface area contributed by atoms with Crippen LogP contribution in [0.2, 0.25) is 0 Å². The predicted octanol–water partition coefficient (Wildman–Crippen LogP) is 5.81. The lowest BCUT2D eigenvalue weighted by Crippen LogP contribution is -2.47. The van der Waals surface area contributed by atoms with Crippen LogP contribution in [-0.4, -0.2) is 29.1 Å². The van der Waals surface area contributed by atoms with Crippen LogP contribution in [0.5, 0.6) is 0 Å². The van der Waals surface area contributed by atoms with E-state index in [9.17, 15) is 9.90 Å². The van der Waals surface area contributed by atoms with Gasteiger partial charge in [-0.15, -0.1) is 11.3 Å². The Morgan fingerprint density at radius 1 is 1.07 bits per heavy atom. The fourth-order valence-corrected chi connectivity index (χ4v) is 5.44. The van der Waals surface area contributed by atoms with Gasteiger partial charge in [-0.2, -0.15) is 0 Å². The van der Waals surface area contributed by atoms with Crippen molar-refractivity contribution in [1.82, 2.24) is 4.90 Å². The van der Waals surface area contributed by atoms with E-state index in [1.165, 1.54) is 21.6 Å². The van der Waals surface area contributed by atoms with E-state index in [4.69, 9.17) is 0 Å². The summed E-state index contributed by atoms with van der Waals surface area (Å²) in [6.07, 6.45) is 3.01. The molecule has 0 aliphatic carbocycles. The average molecular weight is 420 g/mol. The Labute approximate surface area is 183 Å². The van der Waals surface area contributed by atoms with Crippen LogP contribution in [0.1, 0.15) is 49.8 Å². The van der Waals surface area contributed by atoms with Crippen molar-refractivity contribution < 1.29 is 9.90 Å². The third kappa shape index (κ3) is 4.21. The van der Waals surface area contributed by atoms with Gasteiger partial charge in [-0.1, -0.05) is 60.7 Å². The number of nitrogens with zero attached hydrogens (tertiary/aromatic N) is 1. The number of carbonyl (C=O) groups is 1. The summed E-state index contributed by atoms with van der Waals surface area (Å²) in [7, 11) is 0. The molecule has 1 N–H and O–H groups in total. The summed E-state index contributed by atoms with van der Waals surface area (Å²) in [4.78, 5) is 16.6. The molecule has 4 rings (SSSR count). The van der Waals surface area contributed by atoms with Gasteiger partial charge in [0.1, 0.15) is 0 Å². The van der Waals surface area contributed by atoms with Crippen molar-refractivity contribution in [2.24, 2.45) is 0 Å². The molecule has 1 aliphatic heterocycles. The predicted molar refractivity (Wildman–Crippen MR) is 124 cm³/mol. The van der Waals surface area contributed by atoms with E-state index in [1.54, 1.807) is 11.3 Å². The van der Waals surface area contributed by atoms with Gasteiger partial charge in [-0.3, -0.25) is 4.79 Å². The van der Waals surface area contributed by atoms with Crippen molar-refractivity contribution in [2.45, 2.75) is 44.1 Å².